The molecule has 0 aliphatic heterocycles. The quantitative estimate of drug-likeness (QED) is 0.503. The monoisotopic (exact) mass is 261 g/mol. The second-order valence-electron chi connectivity index (χ2n) is 3.88. The molecule has 0 fully saturated rings. The summed E-state index contributed by atoms with van der Waals surface area (Å²) in [4.78, 5) is 11.3. The Morgan fingerprint density at radius 1 is 1.39 bits per heavy atom. The predicted octanol–water partition coefficient (Wildman–Crippen LogP) is 3.19. The lowest BCUT2D eigenvalue weighted by atomic mass is 10.1. The molecule has 0 bridgehead atoms. The van der Waals surface area contributed by atoms with E-state index in [1.807, 2.05) is 0 Å². The van der Waals surface area contributed by atoms with Gasteiger partial charge in [0.1, 0.15) is 5.75 Å². The number of nitrogen functional groups attached to an aromatic ring is 1. The maximum atomic E-state index is 11.9. The fraction of sp³-hybridized carbons (Fsp3) is 0.417. The summed E-state index contributed by atoms with van der Waals surface area (Å²) in [5.74, 6) is 0.0204. The van der Waals surface area contributed by atoms with Crippen molar-refractivity contribution < 1.29 is 22.7 Å². The Balaban J connectivity index is 2.59. The van der Waals surface area contributed by atoms with Crippen molar-refractivity contribution in [3.63, 3.8) is 0 Å². The average molecular weight is 261 g/mol. The van der Waals surface area contributed by atoms with Gasteiger partial charge in [-0.25, -0.2) is 0 Å². The first-order chi connectivity index (χ1) is 8.29. The smallest absolute Gasteiger partial charge is 0.389 e. The molecule has 0 atom stereocenters. The van der Waals surface area contributed by atoms with Crippen molar-refractivity contribution in [1.82, 2.24) is 0 Å². The maximum absolute atomic E-state index is 11.9. The number of carbonyl (C=O) groups excluding carboxylic acids is 1. The van der Waals surface area contributed by atoms with E-state index >= 15 is 0 Å². The molecule has 0 heterocycles. The topological polar surface area (TPSA) is 52.3 Å². The van der Waals surface area contributed by atoms with Crippen molar-refractivity contribution in [1.29, 1.82) is 0 Å². The van der Waals surface area contributed by atoms with Crippen LogP contribution >= 0.6 is 0 Å². The molecular formula is C12H14F3NO2. The Kier molecular flexibility index (Phi) is 4.58. The van der Waals surface area contributed by atoms with E-state index in [-0.39, 0.29) is 30.1 Å². The highest BCUT2D eigenvalue weighted by Crippen LogP contribution is 2.24. The number of rotatable bonds is 5. The van der Waals surface area contributed by atoms with Gasteiger partial charge in [-0.3, -0.25) is 4.79 Å². The van der Waals surface area contributed by atoms with E-state index in [0.717, 1.165) is 0 Å². The summed E-state index contributed by atoms with van der Waals surface area (Å²) in [5.41, 5.74) is 6.21. The Bertz CT molecular complexity index is 430. The highest BCUT2D eigenvalue weighted by atomic mass is 19.4. The predicted molar refractivity (Wildman–Crippen MR) is 61.6 cm³/mol. The van der Waals surface area contributed by atoms with Gasteiger partial charge in [0.15, 0.2) is 5.78 Å². The number of ether oxygens (including phenoxy) is 1. The van der Waals surface area contributed by atoms with Crippen molar-refractivity contribution in [3.05, 3.63) is 23.8 Å². The van der Waals surface area contributed by atoms with Crippen LogP contribution in [0.15, 0.2) is 18.2 Å². The molecule has 18 heavy (non-hydrogen) atoms. The molecule has 0 spiro atoms. The number of benzene rings is 1. The number of alkyl halides is 3. The Labute approximate surface area is 103 Å². The lowest BCUT2D eigenvalue weighted by Gasteiger charge is -2.11. The zero-order valence-electron chi connectivity index (χ0n) is 9.88. The lowest BCUT2D eigenvalue weighted by Crippen LogP contribution is -2.10. The third-order valence-electron chi connectivity index (χ3n) is 2.25. The summed E-state index contributed by atoms with van der Waals surface area (Å²) in [6.07, 6.45) is -5.24. The number of carbonyl (C=O) groups is 1. The highest BCUT2D eigenvalue weighted by molar-refractivity contribution is 5.97. The van der Waals surface area contributed by atoms with Crippen molar-refractivity contribution in [3.8, 4) is 5.75 Å². The van der Waals surface area contributed by atoms with Crippen LogP contribution < -0.4 is 10.5 Å². The van der Waals surface area contributed by atoms with Gasteiger partial charge >= 0.3 is 6.18 Å². The van der Waals surface area contributed by atoms with Gasteiger partial charge < -0.3 is 10.5 Å². The summed E-state index contributed by atoms with van der Waals surface area (Å²) in [5, 5.41) is 0. The van der Waals surface area contributed by atoms with Crippen molar-refractivity contribution >= 4 is 11.5 Å². The number of nitrogens with two attached hydrogens (primary N) is 1. The molecule has 6 heteroatoms. The van der Waals surface area contributed by atoms with Gasteiger partial charge in [0.2, 0.25) is 0 Å². The van der Waals surface area contributed by atoms with Crippen LogP contribution in [-0.4, -0.2) is 18.6 Å². The Hall–Kier alpha value is -1.72. The summed E-state index contributed by atoms with van der Waals surface area (Å²) in [7, 11) is 0. The van der Waals surface area contributed by atoms with Gasteiger partial charge in [0.25, 0.3) is 0 Å². The number of Topliss-reactive ketones (excluding diaryl/α,β-unsaturated/α-hetero) is 1. The minimum absolute atomic E-state index is 0.0935. The van der Waals surface area contributed by atoms with Gasteiger partial charge in [0, 0.05) is 12.1 Å². The molecule has 100 valence electrons. The van der Waals surface area contributed by atoms with E-state index in [0.29, 0.717) is 5.69 Å². The lowest BCUT2D eigenvalue weighted by molar-refractivity contribution is -0.136. The zero-order chi connectivity index (χ0) is 13.8. The Morgan fingerprint density at radius 3 is 2.61 bits per heavy atom. The zero-order valence-corrected chi connectivity index (χ0v) is 9.88. The van der Waals surface area contributed by atoms with Crippen LogP contribution in [0.25, 0.3) is 0 Å². The molecule has 0 radical (unpaired) electrons. The molecule has 0 saturated heterocycles. The molecule has 0 amide bonds. The van der Waals surface area contributed by atoms with Gasteiger partial charge in [-0.05, 0) is 31.5 Å². The van der Waals surface area contributed by atoms with Crippen LogP contribution in [-0.2, 0) is 0 Å². The highest BCUT2D eigenvalue weighted by Gasteiger charge is 2.26. The molecule has 0 aliphatic rings. The second kappa shape index (κ2) is 5.75. The second-order valence-corrected chi connectivity index (χ2v) is 3.88. The minimum atomic E-state index is -4.19. The van der Waals surface area contributed by atoms with E-state index in [4.69, 9.17) is 10.5 Å². The van der Waals surface area contributed by atoms with E-state index in [9.17, 15) is 18.0 Å². The van der Waals surface area contributed by atoms with Crippen LogP contribution in [0.3, 0.4) is 0 Å². The summed E-state index contributed by atoms with van der Waals surface area (Å²) in [6.45, 7) is 1.25. The van der Waals surface area contributed by atoms with E-state index in [2.05, 4.69) is 0 Å². The molecule has 0 saturated carbocycles. The largest absolute Gasteiger partial charge is 0.493 e. The van der Waals surface area contributed by atoms with Crippen molar-refractivity contribution in [2.75, 3.05) is 12.3 Å². The van der Waals surface area contributed by atoms with Crippen molar-refractivity contribution in [2.45, 2.75) is 25.9 Å². The van der Waals surface area contributed by atoms with Crippen LogP contribution in [0.4, 0.5) is 18.9 Å². The summed E-state index contributed by atoms with van der Waals surface area (Å²) >= 11 is 0. The molecule has 3 nitrogen and oxygen atoms in total. The Morgan fingerprint density at radius 2 is 2.06 bits per heavy atom. The molecule has 1 rings (SSSR count). The van der Waals surface area contributed by atoms with Crippen LogP contribution in [0.5, 0.6) is 5.75 Å². The maximum Gasteiger partial charge on any atom is 0.389 e. The van der Waals surface area contributed by atoms with Gasteiger partial charge in [-0.15, -0.1) is 0 Å². The molecular weight excluding hydrogens is 247 g/mol. The van der Waals surface area contributed by atoms with Crippen LogP contribution in [0.2, 0.25) is 0 Å². The van der Waals surface area contributed by atoms with Gasteiger partial charge in [-0.2, -0.15) is 13.2 Å². The normalized spacial score (nSPS) is 11.3. The van der Waals surface area contributed by atoms with Crippen molar-refractivity contribution in [2.24, 2.45) is 0 Å². The number of anilines is 1. The molecule has 1 aromatic carbocycles. The molecule has 0 unspecified atom stereocenters. The van der Waals surface area contributed by atoms with Gasteiger partial charge in [0.05, 0.1) is 12.2 Å². The first kappa shape index (κ1) is 14.3. The van der Waals surface area contributed by atoms with Gasteiger partial charge in [-0.1, -0.05) is 0 Å². The van der Waals surface area contributed by atoms with Crippen LogP contribution in [0.1, 0.15) is 30.1 Å². The van der Waals surface area contributed by atoms with E-state index in [1.54, 1.807) is 0 Å². The molecule has 0 aliphatic carbocycles. The minimum Gasteiger partial charge on any atom is -0.493 e. The third-order valence-corrected chi connectivity index (χ3v) is 2.25. The summed E-state index contributed by atoms with van der Waals surface area (Å²) in [6, 6.07) is 4.46. The first-order valence-electron chi connectivity index (χ1n) is 5.39. The number of hydrogen-bond donors (Lipinski definition) is 1. The third kappa shape index (κ3) is 4.65. The first-order valence-corrected chi connectivity index (χ1v) is 5.39. The number of hydrogen-bond acceptors (Lipinski definition) is 3. The average Bonchev–Trinajstić information content (AvgIpc) is 2.24. The van der Waals surface area contributed by atoms with E-state index < -0.39 is 12.6 Å². The molecule has 0 aromatic heterocycles. The molecule has 1 aromatic rings. The standard InChI is InChI=1S/C12H14F3NO2/c1-8(17)10-7-9(16)3-4-11(10)18-6-2-5-12(13,14)15/h3-4,7H,2,5-6,16H2,1H3. The van der Waals surface area contributed by atoms with Crippen LogP contribution in [0, 0.1) is 0 Å². The fourth-order valence-electron chi connectivity index (χ4n) is 1.40. The fourth-order valence-corrected chi connectivity index (χ4v) is 1.40. The van der Waals surface area contributed by atoms with E-state index in [1.165, 1.54) is 25.1 Å². The molecule has 2 N–H and O–H groups in total. The number of ketones is 1. The number of halogens is 3. The summed E-state index contributed by atoms with van der Waals surface area (Å²) < 4.78 is 40.9. The SMILES string of the molecule is CC(=O)c1cc(N)ccc1OCCCC(F)(F)F.